The van der Waals surface area contributed by atoms with Crippen LogP contribution in [0.25, 0.3) is 11.0 Å². The van der Waals surface area contributed by atoms with Crippen LogP contribution in [0, 0.1) is 13.8 Å². The molecule has 0 saturated carbocycles. The maximum Gasteiger partial charge on any atom is 0.339 e. The molecule has 21 heavy (non-hydrogen) atoms. The van der Waals surface area contributed by atoms with E-state index in [1.165, 1.54) is 0 Å². The summed E-state index contributed by atoms with van der Waals surface area (Å²) in [6.07, 6.45) is 4.53. The van der Waals surface area contributed by atoms with Crippen molar-refractivity contribution in [2.24, 2.45) is 0 Å². The Labute approximate surface area is 125 Å². The highest BCUT2D eigenvalue weighted by atomic mass is 16.5. The van der Waals surface area contributed by atoms with Gasteiger partial charge in [0.2, 0.25) is 0 Å². The van der Waals surface area contributed by atoms with Crippen molar-refractivity contribution in [2.45, 2.75) is 59.5 Å². The molecule has 0 aliphatic rings. The number of aryl methyl sites for hydroxylation is 2. The van der Waals surface area contributed by atoms with E-state index in [0.29, 0.717) is 11.1 Å². The molecule has 0 unspecified atom stereocenters. The molecule has 1 heterocycles. The summed E-state index contributed by atoms with van der Waals surface area (Å²) in [6.45, 7) is 8.05. The van der Waals surface area contributed by atoms with Crippen molar-refractivity contribution in [3.8, 4) is 5.75 Å². The number of hydrogen-bond donors (Lipinski definition) is 0. The van der Waals surface area contributed by atoms with E-state index in [0.717, 1.165) is 42.4 Å². The van der Waals surface area contributed by atoms with Gasteiger partial charge in [0.15, 0.2) is 0 Å². The van der Waals surface area contributed by atoms with Gasteiger partial charge in [0.25, 0.3) is 0 Å². The molecule has 0 amide bonds. The summed E-state index contributed by atoms with van der Waals surface area (Å²) >= 11 is 0. The Kier molecular flexibility index (Phi) is 5.05. The number of hydrogen-bond acceptors (Lipinski definition) is 3. The fourth-order valence-electron chi connectivity index (χ4n) is 2.62. The zero-order valence-corrected chi connectivity index (χ0v) is 13.4. The highest BCUT2D eigenvalue weighted by Gasteiger charge is 2.13. The van der Waals surface area contributed by atoms with Crippen molar-refractivity contribution in [3.63, 3.8) is 0 Å². The lowest BCUT2D eigenvalue weighted by molar-refractivity contribution is 0.177. The van der Waals surface area contributed by atoms with E-state index < -0.39 is 0 Å². The average molecular weight is 288 g/mol. The Morgan fingerprint density at radius 1 is 1.14 bits per heavy atom. The van der Waals surface area contributed by atoms with Crippen molar-refractivity contribution < 1.29 is 9.15 Å². The normalized spacial score (nSPS) is 11.3. The Bertz CT molecular complexity index is 664. The summed E-state index contributed by atoms with van der Waals surface area (Å²) in [5.41, 5.74) is 1.89. The molecule has 1 aromatic carbocycles. The highest BCUT2D eigenvalue weighted by Crippen LogP contribution is 2.28. The van der Waals surface area contributed by atoms with Crippen molar-refractivity contribution in [1.29, 1.82) is 0 Å². The molecule has 0 N–H and O–H groups in total. The van der Waals surface area contributed by atoms with Gasteiger partial charge < -0.3 is 9.15 Å². The van der Waals surface area contributed by atoms with Crippen LogP contribution >= 0.6 is 0 Å². The zero-order valence-electron chi connectivity index (χ0n) is 13.4. The predicted molar refractivity (Wildman–Crippen MR) is 86.2 cm³/mol. The first-order chi connectivity index (χ1) is 10.1. The summed E-state index contributed by atoms with van der Waals surface area (Å²) < 4.78 is 11.6. The van der Waals surface area contributed by atoms with Crippen molar-refractivity contribution in [2.75, 3.05) is 0 Å². The molecule has 114 valence electrons. The maximum absolute atomic E-state index is 11.7. The minimum absolute atomic E-state index is 0.230. The molecule has 0 atom stereocenters. The Hall–Kier alpha value is -1.77. The topological polar surface area (TPSA) is 39.4 Å². The van der Waals surface area contributed by atoms with Crippen LogP contribution in [0.15, 0.2) is 27.4 Å². The van der Waals surface area contributed by atoms with Gasteiger partial charge in [-0.3, -0.25) is 0 Å². The molecule has 0 spiro atoms. The van der Waals surface area contributed by atoms with Gasteiger partial charge in [0.1, 0.15) is 11.3 Å². The van der Waals surface area contributed by atoms with Gasteiger partial charge in [-0.2, -0.15) is 0 Å². The van der Waals surface area contributed by atoms with Crippen LogP contribution < -0.4 is 10.4 Å². The van der Waals surface area contributed by atoms with Crippen LogP contribution in [-0.2, 0) is 0 Å². The van der Waals surface area contributed by atoms with E-state index >= 15 is 0 Å². The van der Waals surface area contributed by atoms with Crippen molar-refractivity contribution in [1.82, 2.24) is 0 Å². The van der Waals surface area contributed by atoms with Crippen LogP contribution in [0.5, 0.6) is 5.75 Å². The van der Waals surface area contributed by atoms with Gasteiger partial charge in [-0.15, -0.1) is 0 Å². The quantitative estimate of drug-likeness (QED) is 0.720. The van der Waals surface area contributed by atoms with Gasteiger partial charge in [-0.1, -0.05) is 26.7 Å². The largest absolute Gasteiger partial charge is 0.490 e. The number of ether oxygens (including phenoxy) is 1. The number of benzene rings is 1. The molecule has 0 fully saturated rings. The number of fused-ring (bicyclic) bond motifs is 1. The van der Waals surface area contributed by atoms with Gasteiger partial charge in [-0.25, -0.2) is 4.79 Å². The lowest BCUT2D eigenvalue weighted by atomic mass is 10.1. The average Bonchev–Trinajstić information content (AvgIpc) is 2.45. The summed E-state index contributed by atoms with van der Waals surface area (Å²) in [5, 5.41) is 0.944. The van der Waals surface area contributed by atoms with E-state index in [4.69, 9.17) is 9.15 Å². The second kappa shape index (κ2) is 6.79. The lowest BCUT2D eigenvalue weighted by Crippen LogP contribution is -2.16. The monoisotopic (exact) mass is 288 g/mol. The molecule has 0 bridgehead atoms. The first-order valence-electron chi connectivity index (χ1n) is 7.77. The smallest absolute Gasteiger partial charge is 0.339 e. The molecular weight excluding hydrogens is 264 g/mol. The van der Waals surface area contributed by atoms with Gasteiger partial charge in [0, 0.05) is 16.5 Å². The molecule has 2 aromatic rings. The van der Waals surface area contributed by atoms with Gasteiger partial charge in [0.05, 0.1) is 6.10 Å². The van der Waals surface area contributed by atoms with Crippen LogP contribution in [0.4, 0.5) is 0 Å². The van der Waals surface area contributed by atoms with E-state index in [1.807, 2.05) is 25.1 Å². The first-order valence-corrected chi connectivity index (χ1v) is 7.77. The van der Waals surface area contributed by atoms with E-state index in [1.54, 1.807) is 6.92 Å². The Morgan fingerprint density at radius 3 is 2.43 bits per heavy atom. The third-order valence-electron chi connectivity index (χ3n) is 3.79. The molecule has 3 nitrogen and oxygen atoms in total. The van der Waals surface area contributed by atoms with Crippen LogP contribution in [0.3, 0.4) is 0 Å². The van der Waals surface area contributed by atoms with Gasteiger partial charge >= 0.3 is 5.63 Å². The fourth-order valence-corrected chi connectivity index (χ4v) is 2.62. The third kappa shape index (κ3) is 3.46. The number of rotatable bonds is 6. The third-order valence-corrected chi connectivity index (χ3v) is 3.79. The van der Waals surface area contributed by atoms with Crippen LogP contribution in [0.2, 0.25) is 0 Å². The van der Waals surface area contributed by atoms with E-state index in [9.17, 15) is 4.79 Å². The highest BCUT2D eigenvalue weighted by molar-refractivity contribution is 5.82. The lowest BCUT2D eigenvalue weighted by Gasteiger charge is -2.19. The van der Waals surface area contributed by atoms with E-state index in [-0.39, 0.29) is 11.7 Å². The molecule has 0 aliphatic carbocycles. The van der Waals surface area contributed by atoms with Crippen molar-refractivity contribution in [3.05, 3.63) is 39.7 Å². The minimum atomic E-state index is -0.276. The first kappa shape index (κ1) is 15.6. The molecule has 0 saturated heterocycles. The Morgan fingerprint density at radius 2 is 1.81 bits per heavy atom. The van der Waals surface area contributed by atoms with Crippen molar-refractivity contribution >= 4 is 11.0 Å². The van der Waals surface area contributed by atoms with Crippen LogP contribution in [-0.4, -0.2) is 6.10 Å². The second-order valence-electron chi connectivity index (χ2n) is 5.64. The molecule has 0 aliphatic heterocycles. The standard InChI is InChI=1S/C18H24O3/c1-5-7-15(8-6-2)20-16-10-9-14-11-12(3)18(19)21-17(14)13(16)4/h9-11,15H,5-8H2,1-4H3. The summed E-state index contributed by atoms with van der Waals surface area (Å²) in [5.74, 6) is 0.821. The van der Waals surface area contributed by atoms with E-state index in [2.05, 4.69) is 13.8 Å². The maximum atomic E-state index is 11.7. The molecule has 0 radical (unpaired) electrons. The SMILES string of the molecule is CCCC(CCC)Oc1ccc2cc(C)c(=O)oc2c1C. The zero-order chi connectivity index (χ0) is 15.4. The molecule has 1 aromatic heterocycles. The van der Waals surface area contributed by atoms with Crippen LogP contribution in [0.1, 0.15) is 50.7 Å². The van der Waals surface area contributed by atoms with Gasteiger partial charge in [-0.05, 0) is 44.9 Å². The second-order valence-corrected chi connectivity index (χ2v) is 5.64. The fraction of sp³-hybridized carbons (Fsp3) is 0.500. The molecule has 3 heteroatoms. The summed E-state index contributed by atoms with van der Waals surface area (Å²) in [6, 6.07) is 5.81. The minimum Gasteiger partial charge on any atom is -0.490 e. The predicted octanol–water partition coefficient (Wildman–Crippen LogP) is 4.76. The Balaban J connectivity index is 2.38. The molecular formula is C18H24O3. The summed E-state index contributed by atoms with van der Waals surface area (Å²) in [7, 11) is 0. The summed E-state index contributed by atoms with van der Waals surface area (Å²) in [4.78, 5) is 11.7. The molecule has 2 rings (SSSR count).